The number of anilines is 1. The maximum atomic E-state index is 12.6. The van der Waals surface area contributed by atoms with Crippen LogP contribution in [-0.2, 0) is 14.8 Å². The van der Waals surface area contributed by atoms with Gasteiger partial charge in [-0.05, 0) is 43.2 Å². The zero-order chi connectivity index (χ0) is 18.7. The number of halogens is 2. The van der Waals surface area contributed by atoms with Crippen molar-refractivity contribution in [3.63, 3.8) is 0 Å². The average Bonchev–Trinajstić information content (AvgIpc) is 2.65. The van der Waals surface area contributed by atoms with Crippen molar-refractivity contribution in [2.45, 2.75) is 17.7 Å². The fourth-order valence-electron chi connectivity index (χ4n) is 2.83. The first-order chi connectivity index (χ1) is 12.4. The molecule has 1 aromatic heterocycles. The third-order valence-corrected chi connectivity index (χ3v) is 6.91. The summed E-state index contributed by atoms with van der Waals surface area (Å²) in [7, 11) is -3.57. The number of pyridine rings is 1. The minimum atomic E-state index is -3.57. The van der Waals surface area contributed by atoms with Crippen molar-refractivity contribution >= 4 is 44.8 Å². The molecule has 1 aliphatic rings. The third kappa shape index (κ3) is 4.17. The van der Waals surface area contributed by atoms with Crippen LogP contribution in [0, 0.1) is 5.92 Å². The average molecular weight is 414 g/mol. The zero-order valence-electron chi connectivity index (χ0n) is 13.7. The molecule has 138 valence electrons. The first-order valence-corrected chi connectivity index (χ1v) is 10.2. The molecular formula is C17H17Cl2N3O3S. The maximum absolute atomic E-state index is 12.6. The third-order valence-electron chi connectivity index (χ3n) is 4.28. The van der Waals surface area contributed by atoms with Gasteiger partial charge in [-0.2, -0.15) is 4.31 Å². The van der Waals surface area contributed by atoms with Gasteiger partial charge in [0, 0.05) is 37.1 Å². The van der Waals surface area contributed by atoms with Crippen molar-refractivity contribution in [2.24, 2.45) is 5.92 Å². The molecule has 0 spiro atoms. The highest BCUT2D eigenvalue weighted by Gasteiger charge is 2.32. The van der Waals surface area contributed by atoms with Crippen LogP contribution in [0.25, 0.3) is 0 Å². The monoisotopic (exact) mass is 413 g/mol. The summed E-state index contributed by atoms with van der Waals surface area (Å²) in [4.78, 5) is 16.4. The molecule has 3 rings (SSSR count). The topological polar surface area (TPSA) is 79.4 Å². The molecule has 0 radical (unpaired) electrons. The number of benzene rings is 1. The van der Waals surface area contributed by atoms with E-state index in [9.17, 15) is 13.2 Å². The van der Waals surface area contributed by atoms with Crippen LogP contribution in [0.15, 0.2) is 47.6 Å². The number of aromatic nitrogens is 1. The fourth-order valence-corrected chi connectivity index (χ4v) is 4.56. The smallest absolute Gasteiger partial charge is 0.244 e. The number of piperidine rings is 1. The number of sulfonamides is 1. The second-order valence-corrected chi connectivity index (χ2v) is 8.74. The van der Waals surface area contributed by atoms with E-state index in [-0.39, 0.29) is 29.8 Å². The van der Waals surface area contributed by atoms with Gasteiger partial charge in [-0.3, -0.25) is 9.78 Å². The van der Waals surface area contributed by atoms with Crippen LogP contribution in [0.5, 0.6) is 0 Å². The molecular weight excluding hydrogens is 397 g/mol. The van der Waals surface area contributed by atoms with Gasteiger partial charge < -0.3 is 5.32 Å². The molecule has 1 N–H and O–H groups in total. The summed E-state index contributed by atoms with van der Waals surface area (Å²) in [6.07, 6.45) is 3.76. The van der Waals surface area contributed by atoms with Crippen LogP contribution in [0.3, 0.4) is 0 Å². The second-order valence-electron chi connectivity index (χ2n) is 5.99. The van der Waals surface area contributed by atoms with Gasteiger partial charge in [0.1, 0.15) is 4.90 Å². The minimum Gasteiger partial charge on any atom is -0.326 e. The van der Waals surface area contributed by atoms with E-state index >= 15 is 0 Å². The van der Waals surface area contributed by atoms with E-state index < -0.39 is 10.0 Å². The molecule has 0 saturated carbocycles. The van der Waals surface area contributed by atoms with E-state index in [1.54, 1.807) is 24.3 Å². The van der Waals surface area contributed by atoms with Gasteiger partial charge in [0.15, 0.2) is 0 Å². The van der Waals surface area contributed by atoms with Crippen molar-refractivity contribution < 1.29 is 13.2 Å². The largest absolute Gasteiger partial charge is 0.326 e. The second kappa shape index (κ2) is 7.92. The van der Waals surface area contributed by atoms with Gasteiger partial charge in [-0.25, -0.2) is 8.42 Å². The SMILES string of the molecule is O=C(Nc1ccc(Cl)c(Cl)c1)C1CCN(S(=O)(=O)c2cccnc2)CC1. The summed E-state index contributed by atoms with van der Waals surface area (Å²) in [5.74, 6) is -0.411. The lowest BCUT2D eigenvalue weighted by atomic mass is 9.97. The van der Waals surface area contributed by atoms with Crippen molar-refractivity contribution in [3.05, 3.63) is 52.8 Å². The number of carbonyl (C=O) groups excluding carboxylic acids is 1. The highest BCUT2D eigenvalue weighted by Crippen LogP contribution is 2.27. The number of hydrogen-bond donors (Lipinski definition) is 1. The Kier molecular flexibility index (Phi) is 5.82. The lowest BCUT2D eigenvalue weighted by Crippen LogP contribution is -2.41. The van der Waals surface area contributed by atoms with Crippen molar-refractivity contribution in [1.29, 1.82) is 0 Å². The Hall–Kier alpha value is -1.67. The summed E-state index contributed by atoms with van der Waals surface area (Å²) in [6, 6.07) is 7.98. The summed E-state index contributed by atoms with van der Waals surface area (Å²) in [6.45, 7) is 0.577. The molecule has 0 atom stereocenters. The molecule has 6 nitrogen and oxygen atoms in total. The summed E-state index contributed by atoms with van der Waals surface area (Å²) < 4.78 is 26.6. The first kappa shape index (κ1) is 19.1. The minimum absolute atomic E-state index is 0.151. The molecule has 0 aliphatic carbocycles. The van der Waals surface area contributed by atoms with Crippen molar-refractivity contribution in [3.8, 4) is 0 Å². The standard InChI is InChI=1S/C17H17Cl2N3O3S/c18-15-4-3-13(10-16(15)19)21-17(23)12-5-8-22(9-6-12)26(24,25)14-2-1-7-20-11-14/h1-4,7,10-12H,5-6,8-9H2,(H,21,23). The van der Waals surface area contributed by atoms with Crippen LogP contribution in [0.4, 0.5) is 5.69 Å². The van der Waals surface area contributed by atoms with E-state index in [4.69, 9.17) is 23.2 Å². The molecule has 0 bridgehead atoms. The lowest BCUT2D eigenvalue weighted by molar-refractivity contribution is -0.120. The summed E-state index contributed by atoms with van der Waals surface area (Å²) in [5, 5.41) is 3.58. The number of carbonyl (C=O) groups is 1. The van der Waals surface area contributed by atoms with Crippen LogP contribution < -0.4 is 5.32 Å². The predicted molar refractivity (Wildman–Crippen MR) is 101 cm³/mol. The fraction of sp³-hybridized carbons (Fsp3) is 0.294. The number of hydrogen-bond acceptors (Lipinski definition) is 4. The van der Waals surface area contributed by atoms with Gasteiger partial charge in [-0.15, -0.1) is 0 Å². The Balaban J connectivity index is 1.61. The Morgan fingerprint density at radius 1 is 1.15 bits per heavy atom. The molecule has 2 aromatic rings. The van der Waals surface area contributed by atoms with Crippen LogP contribution in [0.1, 0.15) is 12.8 Å². The van der Waals surface area contributed by atoms with Crippen LogP contribution in [-0.4, -0.2) is 36.7 Å². The van der Waals surface area contributed by atoms with Gasteiger partial charge in [0.25, 0.3) is 0 Å². The Labute approximate surface area is 162 Å². The van der Waals surface area contributed by atoms with Crippen molar-refractivity contribution in [2.75, 3.05) is 18.4 Å². The van der Waals surface area contributed by atoms with Crippen molar-refractivity contribution in [1.82, 2.24) is 9.29 Å². The molecule has 1 amide bonds. The molecule has 1 saturated heterocycles. The molecule has 0 unspecified atom stereocenters. The van der Waals surface area contributed by atoms with E-state index in [1.807, 2.05) is 0 Å². The summed E-state index contributed by atoms with van der Waals surface area (Å²) in [5.41, 5.74) is 0.565. The Bertz CT molecular complexity index is 899. The molecule has 2 heterocycles. The molecule has 1 fully saturated rings. The van der Waals surface area contributed by atoms with E-state index in [0.717, 1.165) is 0 Å². The number of rotatable bonds is 4. The molecule has 26 heavy (non-hydrogen) atoms. The molecule has 1 aromatic carbocycles. The van der Waals surface area contributed by atoms with Gasteiger partial charge in [0.05, 0.1) is 10.0 Å². The van der Waals surface area contributed by atoms with Gasteiger partial charge in [-0.1, -0.05) is 23.2 Å². The predicted octanol–water partition coefficient (Wildman–Crippen LogP) is 3.43. The molecule has 9 heteroatoms. The lowest BCUT2D eigenvalue weighted by Gasteiger charge is -2.30. The van der Waals surface area contributed by atoms with E-state index in [2.05, 4.69) is 10.3 Å². The number of amides is 1. The Morgan fingerprint density at radius 3 is 2.50 bits per heavy atom. The van der Waals surface area contributed by atoms with E-state index in [1.165, 1.54) is 22.8 Å². The highest BCUT2D eigenvalue weighted by molar-refractivity contribution is 7.89. The van der Waals surface area contributed by atoms with Crippen LogP contribution in [0.2, 0.25) is 10.0 Å². The van der Waals surface area contributed by atoms with E-state index in [0.29, 0.717) is 28.6 Å². The zero-order valence-corrected chi connectivity index (χ0v) is 16.1. The highest BCUT2D eigenvalue weighted by atomic mass is 35.5. The van der Waals surface area contributed by atoms with Gasteiger partial charge >= 0.3 is 0 Å². The maximum Gasteiger partial charge on any atom is 0.244 e. The first-order valence-electron chi connectivity index (χ1n) is 8.04. The normalized spacial score (nSPS) is 16.4. The number of nitrogens with one attached hydrogen (secondary N) is 1. The van der Waals surface area contributed by atoms with Gasteiger partial charge in [0.2, 0.25) is 15.9 Å². The van der Waals surface area contributed by atoms with Crippen LogP contribution >= 0.6 is 23.2 Å². The Morgan fingerprint density at radius 2 is 1.88 bits per heavy atom. The number of nitrogens with zero attached hydrogens (tertiary/aromatic N) is 2. The summed E-state index contributed by atoms with van der Waals surface area (Å²) >= 11 is 11.8. The molecule has 1 aliphatic heterocycles. The quantitative estimate of drug-likeness (QED) is 0.832.